The number of amides is 1. The first-order valence-corrected chi connectivity index (χ1v) is 6.43. The van der Waals surface area contributed by atoms with Gasteiger partial charge >= 0.3 is 0 Å². The van der Waals surface area contributed by atoms with Crippen LogP contribution in [0.1, 0.15) is 38.5 Å². The van der Waals surface area contributed by atoms with E-state index in [2.05, 4.69) is 0 Å². The molecule has 0 bridgehead atoms. The van der Waals surface area contributed by atoms with Crippen molar-refractivity contribution in [3.05, 3.63) is 0 Å². The van der Waals surface area contributed by atoms with Crippen molar-refractivity contribution in [2.24, 2.45) is 17.3 Å². The Hall–Kier alpha value is -0.570. The van der Waals surface area contributed by atoms with Gasteiger partial charge < -0.3 is 10.0 Å². The summed E-state index contributed by atoms with van der Waals surface area (Å²) < 4.78 is 0. The lowest BCUT2D eigenvalue weighted by Gasteiger charge is -2.23. The molecule has 0 aromatic rings. The molecule has 0 unspecified atom stereocenters. The molecule has 0 radical (unpaired) electrons. The molecule has 0 aromatic carbocycles. The Kier molecular flexibility index (Phi) is 3.24. The van der Waals surface area contributed by atoms with E-state index in [9.17, 15) is 9.90 Å². The minimum Gasteiger partial charge on any atom is -0.396 e. The van der Waals surface area contributed by atoms with Crippen LogP contribution in [0.3, 0.4) is 0 Å². The van der Waals surface area contributed by atoms with Crippen LogP contribution in [0, 0.1) is 17.3 Å². The normalized spacial score (nSPS) is 31.4. The van der Waals surface area contributed by atoms with Crippen LogP contribution in [0.4, 0.5) is 0 Å². The van der Waals surface area contributed by atoms with Crippen LogP contribution in [0.25, 0.3) is 0 Å². The molecule has 0 aromatic heterocycles. The van der Waals surface area contributed by atoms with Gasteiger partial charge in [0.15, 0.2) is 0 Å². The lowest BCUT2D eigenvalue weighted by molar-refractivity contribution is -0.129. The van der Waals surface area contributed by atoms with Gasteiger partial charge in [-0.05, 0) is 30.1 Å². The van der Waals surface area contributed by atoms with Gasteiger partial charge in [0, 0.05) is 27.1 Å². The fraction of sp³-hybridized carbons (Fsp3) is 0.923. The Labute approximate surface area is 97.8 Å². The van der Waals surface area contributed by atoms with E-state index in [1.165, 1.54) is 32.1 Å². The second kappa shape index (κ2) is 4.36. The van der Waals surface area contributed by atoms with Gasteiger partial charge in [0.05, 0.1) is 0 Å². The molecule has 2 saturated carbocycles. The van der Waals surface area contributed by atoms with E-state index in [0.29, 0.717) is 23.7 Å². The molecular formula is C13H23NO2. The monoisotopic (exact) mass is 225 g/mol. The maximum absolute atomic E-state index is 11.7. The summed E-state index contributed by atoms with van der Waals surface area (Å²) in [5.74, 6) is 1.07. The predicted molar refractivity (Wildman–Crippen MR) is 62.9 cm³/mol. The van der Waals surface area contributed by atoms with Crippen molar-refractivity contribution in [1.29, 1.82) is 0 Å². The summed E-state index contributed by atoms with van der Waals surface area (Å²) >= 11 is 0. The average molecular weight is 225 g/mol. The Balaban J connectivity index is 1.97. The Morgan fingerprint density at radius 3 is 2.38 bits per heavy atom. The highest BCUT2D eigenvalue weighted by Crippen LogP contribution is 2.67. The fourth-order valence-corrected chi connectivity index (χ4v) is 3.65. The van der Waals surface area contributed by atoms with Crippen molar-refractivity contribution in [2.75, 3.05) is 20.7 Å². The molecular weight excluding hydrogens is 202 g/mol. The van der Waals surface area contributed by atoms with Crippen molar-refractivity contribution < 1.29 is 9.90 Å². The summed E-state index contributed by atoms with van der Waals surface area (Å²) in [6.45, 7) is 0.269. The van der Waals surface area contributed by atoms with E-state index in [4.69, 9.17) is 0 Å². The van der Waals surface area contributed by atoms with Crippen LogP contribution in [0.5, 0.6) is 0 Å². The number of carbonyl (C=O) groups excluding carboxylic acids is 1. The van der Waals surface area contributed by atoms with Crippen LogP contribution in [0.15, 0.2) is 0 Å². The molecule has 2 fully saturated rings. The highest BCUT2D eigenvalue weighted by Gasteiger charge is 2.63. The minimum absolute atomic E-state index is 0.214. The molecule has 1 spiro atoms. The van der Waals surface area contributed by atoms with Crippen LogP contribution in [0.2, 0.25) is 0 Å². The quantitative estimate of drug-likeness (QED) is 0.793. The smallest absolute Gasteiger partial charge is 0.222 e. The lowest BCUT2D eigenvalue weighted by Crippen LogP contribution is -2.23. The SMILES string of the molecule is CN(C)C(=O)C[C@H]1[C@H](CO)C12CCCCC2. The number of hydrogen-bond donors (Lipinski definition) is 1. The number of aliphatic hydroxyl groups is 1. The van der Waals surface area contributed by atoms with Crippen molar-refractivity contribution in [3.63, 3.8) is 0 Å². The van der Waals surface area contributed by atoms with Gasteiger partial charge in [-0.2, -0.15) is 0 Å². The molecule has 3 heteroatoms. The summed E-state index contributed by atoms with van der Waals surface area (Å²) in [6, 6.07) is 0. The molecule has 1 N–H and O–H groups in total. The number of rotatable bonds is 3. The maximum Gasteiger partial charge on any atom is 0.222 e. The molecule has 1 amide bonds. The topological polar surface area (TPSA) is 40.5 Å². The standard InChI is InChI=1S/C13H23NO2/c1-14(2)12(16)8-10-11(9-15)13(10)6-4-3-5-7-13/h10-11,15H,3-9H2,1-2H3/t10-,11-/m0/s1. The molecule has 0 aliphatic heterocycles. The highest BCUT2D eigenvalue weighted by molar-refractivity contribution is 5.76. The number of nitrogens with zero attached hydrogens (tertiary/aromatic N) is 1. The zero-order valence-electron chi connectivity index (χ0n) is 10.4. The molecule has 2 aliphatic carbocycles. The van der Waals surface area contributed by atoms with Crippen molar-refractivity contribution in [1.82, 2.24) is 4.90 Å². The second-order valence-electron chi connectivity index (χ2n) is 5.68. The third-order valence-electron chi connectivity index (χ3n) is 4.73. The van der Waals surface area contributed by atoms with E-state index in [-0.39, 0.29) is 12.5 Å². The molecule has 2 rings (SSSR count). The van der Waals surface area contributed by atoms with Crippen molar-refractivity contribution in [2.45, 2.75) is 38.5 Å². The van der Waals surface area contributed by atoms with E-state index in [1.54, 1.807) is 4.90 Å². The summed E-state index contributed by atoms with van der Waals surface area (Å²) in [4.78, 5) is 13.4. The number of aliphatic hydroxyl groups excluding tert-OH is 1. The summed E-state index contributed by atoms with van der Waals surface area (Å²) in [5, 5.41) is 9.42. The minimum atomic E-state index is 0.214. The Morgan fingerprint density at radius 2 is 1.88 bits per heavy atom. The zero-order valence-corrected chi connectivity index (χ0v) is 10.4. The van der Waals surface area contributed by atoms with E-state index < -0.39 is 0 Å². The van der Waals surface area contributed by atoms with Crippen LogP contribution in [-0.2, 0) is 4.79 Å². The third kappa shape index (κ3) is 1.86. The van der Waals surface area contributed by atoms with Gasteiger partial charge in [-0.15, -0.1) is 0 Å². The number of hydrogen-bond acceptors (Lipinski definition) is 2. The molecule has 92 valence electrons. The lowest BCUT2D eigenvalue weighted by atomic mass is 9.82. The Bertz CT molecular complexity index is 269. The van der Waals surface area contributed by atoms with E-state index >= 15 is 0 Å². The van der Waals surface area contributed by atoms with E-state index in [0.717, 1.165) is 0 Å². The van der Waals surface area contributed by atoms with Gasteiger partial charge in [-0.3, -0.25) is 4.79 Å². The first-order chi connectivity index (χ1) is 7.62. The first kappa shape index (κ1) is 11.9. The van der Waals surface area contributed by atoms with Crippen LogP contribution in [-0.4, -0.2) is 36.6 Å². The van der Waals surface area contributed by atoms with Gasteiger partial charge in [0.1, 0.15) is 0 Å². The fourth-order valence-electron chi connectivity index (χ4n) is 3.65. The molecule has 0 heterocycles. The van der Waals surface area contributed by atoms with Gasteiger partial charge in [0.25, 0.3) is 0 Å². The summed E-state index contributed by atoms with van der Waals surface area (Å²) in [5.41, 5.74) is 0.332. The second-order valence-corrected chi connectivity index (χ2v) is 5.68. The highest BCUT2D eigenvalue weighted by atomic mass is 16.3. The van der Waals surface area contributed by atoms with Crippen LogP contribution < -0.4 is 0 Å². The number of carbonyl (C=O) groups is 1. The van der Waals surface area contributed by atoms with Gasteiger partial charge in [0.2, 0.25) is 5.91 Å². The molecule has 3 nitrogen and oxygen atoms in total. The zero-order chi connectivity index (χ0) is 11.8. The summed E-state index contributed by atoms with van der Waals surface area (Å²) in [7, 11) is 3.62. The molecule has 0 saturated heterocycles. The first-order valence-electron chi connectivity index (χ1n) is 6.43. The molecule has 16 heavy (non-hydrogen) atoms. The van der Waals surface area contributed by atoms with Crippen molar-refractivity contribution >= 4 is 5.91 Å². The summed E-state index contributed by atoms with van der Waals surface area (Å²) in [6.07, 6.45) is 6.98. The largest absolute Gasteiger partial charge is 0.396 e. The third-order valence-corrected chi connectivity index (χ3v) is 4.73. The molecule has 2 aliphatic rings. The Morgan fingerprint density at radius 1 is 1.25 bits per heavy atom. The van der Waals surface area contributed by atoms with Crippen molar-refractivity contribution in [3.8, 4) is 0 Å². The van der Waals surface area contributed by atoms with Gasteiger partial charge in [-0.1, -0.05) is 19.3 Å². The molecule has 2 atom stereocenters. The van der Waals surface area contributed by atoms with E-state index in [1.807, 2.05) is 14.1 Å². The van der Waals surface area contributed by atoms with Crippen LogP contribution >= 0.6 is 0 Å². The maximum atomic E-state index is 11.7. The average Bonchev–Trinajstić information content (AvgIpc) is 2.85. The van der Waals surface area contributed by atoms with Gasteiger partial charge in [-0.25, -0.2) is 0 Å². The predicted octanol–water partition coefficient (Wildman–Crippen LogP) is 1.65.